The molecule has 0 fully saturated rings. The molecule has 1 atom stereocenters. The molecule has 1 aromatic heterocycles. The number of nitrogens with zero attached hydrogens (tertiary/aromatic N) is 1. The number of nitrogens with one attached hydrogen (secondary N) is 2. The fourth-order valence-corrected chi connectivity index (χ4v) is 3.89. The second-order valence-electron chi connectivity index (χ2n) is 6.21. The molecule has 7 heteroatoms. The Balaban J connectivity index is 1.95. The Bertz CT molecular complexity index is 758. The number of carbonyl (C=O) groups excluding carboxylic acids is 2. The summed E-state index contributed by atoms with van der Waals surface area (Å²) in [6.07, 6.45) is 0. The Morgan fingerprint density at radius 2 is 1.77 bits per heavy atom. The van der Waals surface area contributed by atoms with Gasteiger partial charge in [-0.05, 0) is 80.0 Å². The second kappa shape index (κ2) is 9.19. The number of hydrogen-bond donors (Lipinski definition) is 2. The smallest absolute Gasteiger partial charge is 0.262 e. The van der Waals surface area contributed by atoms with Gasteiger partial charge in [-0.2, -0.15) is 0 Å². The van der Waals surface area contributed by atoms with Gasteiger partial charge in [0.05, 0.1) is 8.66 Å². The van der Waals surface area contributed by atoms with E-state index in [4.69, 9.17) is 0 Å². The molecule has 2 aromatic rings. The first-order valence-corrected chi connectivity index (χ1v) is 10.2. The van der Waals surface area contributed by atoms with Crippen LogP contribution in [0.5, 0.6) is 0 Å². The predicted octanol–water partition coefficient (Wildman–Crippen LogP) is 4.50. The summed E-state index contributed by atoms with van der Waals surface area (Å²) in [6, 6.07) is 11.0. The second-order valence-corrected chi connectivity index (χ2v) is 8.68. The molecular formula is C19H24BrN3O2S. The van der Waals surface area contributed by atoms with Crippen LogP contribution in [0.3, 0.4) is 0 Å². The first-order chi connectivity index (χ1) is 12.3. The Morgan fingerprint density at radius 1 is 1.12 bits per heavy atom. The molecule has 26 heavy (non-hydrogen) atoms. The highest BCUT2D eigenvalue weighted by molar-refractivity contribution is 9.11. The van der Waals surface area contributed by atoms with Crippen LogP contribution in [0.2, 0.25) is 0 Å². The van der Waals surface area contributed by atoms with Crippen LogP contribution < -0.4 is 15.5 Å². The topological polar surface area (TPSA) is 61.4 Å². The van der Waals surface area contributed by atoms with E-state index in [2.05, 4.69) is 52.2 Å². The number of carbonyl (C=O) groups is 2. The van der Waals surface area contributed by atoms with E-state index in [-0.39, 0.29) is 11.8 Å². The lowest BCUT2D eigenvalue weighted by molar-refractivity contribution is -0.117. The fourth-order valence-electron chi connectivity index (χ4n) is 2.60. The maximum absolute atomic E-state index is 12.3. The highest BCUT2D eigenvalue weighted by Crippen LogP contribution is 2.22. The Labute approximate surface area is 166 Å². The normalized spacial score (nSPS) is 11.9. The molecule has 0 saturated heterocycles. The average Bonchev–Trinajstić information content (AvgIpc) is 3.03. The number of benzene rings is 1. The zero-order valence-electron chi connectivity index (χ0n) is 15.4. The summed E-state index contributed by atoms with van der Waals surface area (Å²) in [5.74, 6) is -0.507. The molecule has 2 N–H and O–H groups in total. The molecule has 0 radical (unpaired) electrons. The van der Waals surface area contributed by atoms with Gasteiger partial charge in [-0.3, -0.25) is 9.59 Å². The third-order valence-corrected chi connectivity index (χ3v) is 5.59. The molecular weight excluding hydrogens is 414 g/mol. The Kier molecular flexibility index (Phi) is 7.23. The van der Waals surface area contributed by atoms with Crippen LogP contribution in [0.1, 0.15) is 37.4 Å². The minimum atomic E-state index is -0.633. The van der Waals surface area contributed by atoms with E-state index >= 15 is 0 Å². The predicted molar refractivity (Wildman–Crippen MR) is 112 cm³/mol. The Morgan fingerprint density at radius 3 is 2.27 bits per heavy atom. The van der Waals surface area contributed by atoms with Crippen molar-refractivity contribution in [3.05, 3.63) is 45.1 Å². The standard InChI is InChI=1S/C19H24BrN3O2S/c1-5-23(12(2)3)15-8-6-14(7-9-15)22-18(24)13(4)21-19(25)16-10-11-17(20)26-16/h6-13H,5H2,1-4H3,(H,21,25)(H,22,24). The van der Waals surface area contributed by atoms with Crippen molar-refractivity contribution < 1.29 is 9.59 Å². The third kappa shape index (κ3) is 5.32. The molecule has 5 nitrogen and oxygen atoms in total. The van der Waals surface area contributed by atoms with E-state index in [1.165, 1.54) is 11.3 Å². The van der Waals surface area contributed by atoms with Gasteiger partial charge in [0, 0.05) is 24.0 Å². The largest absolute Gasteiger partial charge is 0.369 e. The van der Waals surface area contributed by atoms with E-state index in [0.29, 0.717) is 16.6 Å². The van der Waals surface area contributed by atoms with E-state index in [1.54, 1.807) is 13.0 Å². The maximum atomic E-state index is 12.3. The van der Waals surface area contributed by atoms with Gasteiger partial charge in [-0.15, -0.1) is 11.3 Å². The van der Waals surface area contributed by atoms with Crippen LogP contribution in [0, 0.1) is 0 Å². The van der Waals surface area contributed by atoms with E-state index in [9.17, 15) is 9.59 Å². The zero-order valence-corrected chi connectivity index (χ0v) is 17.8. The summed E-state index contributed by atoms with van der Waals surface area (Å²) >= 11 is 4.66. The van der Waals surface area contributed by atoms with Gasteiger partial charge in [-0.25, -0.2) is 0 Å². The molecule has 1 unspecified atom stereocenters. The molecule has 0 saturated carbocycles. The highest BCUT2D eigenvalue weighted by Gasteiger charge is 2.18. The molecule has 2 amide bonds. The van der Waals surface area contributed by atoms with Crippen LogP contribution in [-0.2, 0) is 4.79 Å². The van der Waals surface area contributed by atoms with Gasteiger partial charge in [0.15, 0.2) is 0 Å². The summed E-state index contributed by atoms with van der Waals surface area (Å²) in [4.78, 5) is 27.3. The summed E-state index contributed by atoms with van der Waals surface area (Å²) in [6.45, 7) is 9.00. The van der Waals surface area contributed by atoms with Crippen LogP contribution in [0.4, 0.5) is 11.4 Å². The number of thiophene rings is 1. The van der Waals surface area contributed by atoms with Gasteiger partial charge in [0.2, 0.25) is 5.91 Å². The van der Waals surface area contributed by atoms with Crippen molar-refractivity contribution in [2.24, 2.45) is 0 Å². The molecule has 0 bridgehead atoms. The molecule has 140 valence electrons. The summed E-state index contributed by atoms with van der Waals surface area (Å²) in [7, 11) is 0. The minimum Gasteiger partial charge on any atom is -0.369 e. The summed E-state index contributed by atoms with van der Waals surface area (Å²) in [5, 5.41) is 5.55. The maximum Gasteiger partial charge on any atom is 0.262 e. The van der Waals surface area contributed by atoms with Gasteiger partial charge in [0.1, 0.15) is 6.04 Å². The minimum absolute atomic E-state index is 0.252. The lowest BCUT2D eigenvalue weighted by Gasteiger charge is -2.27. The van der Waals surface area contributed by atoms with Crippen molar-refractivity contribution in [2.45, 2.75) is 39.8 Å². The van der Waals surface area contributed by atoms with Gasteiger partial charge < -0.3 is 15.5 Å². The molecule has 0 aliphatic heterocycles. The molecule has 0 aliphatic carbocycles. The zero-order chi connectivity index (χ0) is 19.3. The highest BCUT2D eigenvalue weighted by atomic mass is 79.9. The van der Waals surface area contributed by atoms with E-state index in [0.717, 1.165) is 16.0 Å². The van der Waals surface area contributed by atoms with E-state index in [1.807, 2.05) is 30.3 Å². The SMILES string of the molecule is CCN(c1ccc(NC(=O)C(C)NC(=O)c2ccc(Br)s2)cc1)C(C)C. The summed E-state index contributed by atoms with van der Waals surface area (Å²) in [5.41, 5.74) is 1.82. The number of amides is 2. The van der Waals surface area contributed by atoms with Gasteiger partial charge in [0.25, 0.3) is 5.91 Å². The first-order valence-electron chi connectivity index (χ1n) is 8.55. The first kappa shape index (κ1) is 20.5. The van der Waals surface area contributed by atoms with Crippen molar-refractivity contribution >= 4 is 50.5 Å². The van der Waals surface area contributed by atoms with Crippen molar-refractivity contribution in [1.29, 1.82) is 0 Å². The van der Waals surface area contributed by atoms with Crippen molar-refractivity contribution in [2.75, 3.05) is 16.8 Å². The van der Waals surface area contributed by atoms with Crippen molar-refractivity contribution in [3.8, 4) is 0 Å². The van der Waals surface area contributed by atoms with Crippen molar-refractivity contribution in [1.82, 2.24) is 5.32 Å². The van der Waals surface area contributed by atoms with Crippen molar-refractivity contribution in [3.63, 3.8) is 0 Å². The van der Waals surface area contributed by atoms with E-state index < -0.39 is 6.04 Å². The molecule has 2 rings (SSSR count). The monoisotopic (exact) mass is 437 g/mol. The third-order valence-electron chi connectivity index (χ3n) is 3.97. The van der Waals surface area contributed by atoms with Crippen LogP contribution in [0.15, 0.2) is 40.2 Å². The molecule has 0 aliphatic rings. The lowest BCUT2D eigenvalue weighted by Crippen LogP contribution is -2.41. The number of anilines is 2. The Hall–Kier alpha value is -1.86. The number of rotatable bonds is 7. The summed E-state index contributed by atoms with van der Waals surface area (Å²) < 4.78 is 0.877. The van der Waals surface area contributed by atoms with Crippen LogP contribution in [0.25, 0.3) is 0 Å². The van der Waals surface area contributed by atoms with Crippen LogP contribution >= 0.6 is 27.3 Å². The fraction of sp³-hybridized carbons (Fsp3) is 0.368. The molecule has 1 aromatic carbocycles. The molecule has 0 spiro atoms. The quantitative estimate of drug-likeness (QED) is 0.669. The number of hydrogen-bond acceptors (Lipinski definition) is 4. The van der Waals surface area contributed by atoms with Gasteiger partial charge in [-0.1, -0.05) is 0 Å². The number of halogens is 1. The molecule has 1 heterocycles. The average molecular weight is 438 g/mol. The van der Waals surface area contributed by atoms with Gasteiger partial charge >= 0.3 is 0 Å². The lowest BCUT2D eigenvalue weighted by atomic mass is 10.2. The van der Waals surface area contributed by atoms with Crippen LogP contribution in [-0.4, -0.2) is 30.4 Å².